The molecule has 0 aliphatic heterocycles. The molecule has 4 nitrogen and oxygen atoms in total. The van der Waals surface area contributed by atoms with E-state index in [1.165, 1.54) is 12.2 Å². The van der Waals surface area contributed by atoms with E-state index in [1.807, 2.05) is 83.1 Å². The maximum Gasteiger partial charge on any atom is 0.164 e. The second-order valence-corrected chi connectivity index (χ2v) is 10.8. The average molecular weight is 427 g/mol. The molecule has 0 saturated carbocycles. The summed E-state index contributed by atoms with van der Waals surface area (Å²) in [5.74, 6) is 0.208. The minimum Gasteiger partial charge on any atom is -0.512 e. The van der Waals surface area contributed by atoms with E-state index in [4.69, 9.17) is 0 Å². The molecule has 0 aliphatic carbocycles. The summed E-state index contributed by atoms with van der Waals surface area (Å²) in [6, 6.07) is 0. The van der Waals surface area contributed by atoms with Crippen LogP contribution in [0.2, 0.25) is 0 Å². The summed E-state index contributed by atoms with van der Waals surface area (Å²) in [5, 5.41) is 19.1. The summed E-state index contributed by atoms with van der Waals surface area (Å²) < 4.78 is 0. The summed E-state index contributed by atoms with van der Waals surface area (Å²) in [5.41, 5.74) is -1.53. The van der Waals surface area contributed by atoms with Gasteiger partial charge >= 0.3 is 0 Å². The van der Waals surface area contributed by atoms with Gasteiger partial charge in [-0.1, -0.05) is 83.1 Å². The van der Waals surface area contributed by atoms with Gasteiger partial charge in [0.2, 0.25) is 0 Å². The number of rotatable bonds is 2. The van der Waals surface area contributed by atoms with Crippen molar-refractivity contribution in [3.63, 3.8) is 0 Å². The molecule has 0 aromatic heterocycles. The predicted octanol–water partition coefficient (Wildman–Crippen LogP) is 6.18. The van der Waals surface area contributed by atoms with E-state index in [1.54, 1.807) is 0 Å². The largest absolute Gasteiger partial charge is 0.512 e. The third-order valence-electron chi connectivity index (χ3n) is 3.55. The number of hydrogen-bond acceptors (Lipinski definition) is 4. The molecule has 0 radical (unpaired) electrons. The van der Waals surface area contributed by atoms with Gasteiger partial charge in [0.1, 0.15) is 11.5 Å². The van der Waals surface area contributed by atoms with Crippen LogP contribution in [0.25, 0.3) is 0 Å². The minimum atomic E-state index is -0.417. The van der Waals surface area contributed by atoms with Gasteiger partial charge in [0, 0.05) is 50.3 Å². The molecule has 0 aromatic carbocycles. The van der Waals surface area contributed by atoms with Crippen molar-refractivity contribution in [2.24, 2.45) is 21.7 Å². The number of ketones is 2. The van der Waals surface area contributed by atoms with E-state index in [2.05, 4.69) is 0 Å². The molecule has 0 unspecified atom stereocenters. The zero-order valence-electron chi connectivity index (χ0n) is 19.2. The Kier molecular flexibility index (Phi) is 11.9. The first-order valence-corrected chi connectivity index (χ1v) is 9.01. The Balaban J connectivity index is -0.000000411. The van der Waals surface area contributed by atoms with Crippen molar-refractivity contribution in [3.8, 4) is 0 Å². The van der Waals surface area contributed by atoms with Crippen LogP contribution in [-0.2, 0) is 26.1 Å². The van der Waals surface area contributed by atoms with E-state index in [-0.39, 0.29) is 50.4 Å². The van der Waals surface area contributed by atoms with Crippen LogP contribution in [0.4, 0.5) is 0 Å². The number of aliphatic hydroxyl groups excluding tert-OH is 2. The molecule has 0 atom stereocenters. The minimum absolute atomic E-state index is 0. The fourth-order valence-electron chi connectivity index (χ4n) is 1.11. The van der Waals surface area contributed by atoms with Crippen LogP contribution < -0.4 is 0 Å². The van der Waals surface area contributed by atoms with Crippen molar-refractivity contribution < 1.29 is 36.3 Å². The Morgan fingerprint density at radius 2 is 0.704 bits per heavy atom. The fourth-order valence-corrected chi connectivity index (χ4v) is 1.11. The molecule has 162 valence electrons. The first-order valence-electron chi connectivity index (χ1n) is 9.01. The van der Waals surface area contributed by atoms with E-state index in [0.717, 1.165) is 0 Å². The van der Waals surface area contributed by atoms with Gasteiger partial charge in [-0.05, 0) is 0 Å². The summed E-state index contributed by atoms with van der Waals surface area (Å²) in [4.78, 5) is 23.0. The molecule has 0 fully saturated rings. The van der Waals surface area contributed by atoms with Crippen molar-refractivity contribution in [2.45, 2.75) is 83.1 Å². The van der Waals surface area contributed by atoms with E-state index in [9.17, 15) is 19.8 Å². The molecular formula is C22H40NiO4. The van der Waals surface area contributed by atoms with Gasteiger partial charge in [-0.25, -0.2) is 0 Å². The molecule has 0 aliphatic rings. The summed E-state index contributed by atoms with van der Waals surface area (Å²) in [6.45, 7) is 22.2. The number of carbonyl (C=O) groups is 2. The van der Waals surface area contributed by atoms with Gasteiger partial charge in [0.05, 0.1) is 0 Å². The third-order valence-corrected chi connectivity index (χ3v) is 3.55. The van der Waals surface area contributed by atoms with Crippen molar-refractivity contribution in [1.82, 2.24) is 0 Å². The van der Waals surface area contributed by atoms with Gasteiger partial charge in [-0.15, -0.1) is 0 Å². The van der Waals surface area contributed by atoms with E-state index in [0.29, 0.717) is 0 Å². The average Bonchev–Trinajstić information content (AvgIpc) is 2.34. The summed E-state index contributed by atoms with van der Waals surface area (Å²) >= 11 is 0. The van der Waals surface area contributed by atoms with Crippen LogP contribution in [0.1, 0.15) is 83.1 Å². The maximum atomic E-state index is 11.5. The number of allylic oxidation sites excluding steroid dienone is 4. The first kappa shape index (κ1) is 30.6. The van der Waals surface area contributed by atoms with Gasteiger partial charge in [0.15, 0.2) is 11.6 Å². The van der Waals surface area contributed by atoms with Crippen molar-refractivity contribution in [2.75, 3.05) is 0 Å². The van der Waals surface area contributed by atoms with Crippen LogP contribution in [0.15, 0.2) is 23.7 Å². The Bertz CT molecular complexity index is 505. The van der Waals surface area contributed by atoms with Crippen LogP contribution in [-0.4, -0.2) is 21.8 Å². The maximum absolute atomic E-state index is 11.5. The monoisotopic (exact) mass is 426 g/mol. The molecule has 0 saturated heterocycles. The zero-order chi connectivity index (χ0) is 21.7. The Morgan fingerprint density at radius 3 is 0.815 bits per heavy atom. The van der Waals surface area contributed by atoms with Crippen LogP contribution in [0.5, 0.6) is 0 Å². The van der Waals surface area contributed by atoms with Crippen molar-refractivity contribution in [1.29, 1.82) is 0 Å². The van der Waals surface area contributed by atoms with E-state index >= 15 is 0 Å². The third kappa shape index (κ3) is 13.7. The van der Waals surface area contributed by atoms with Crippen LogP contribution >= 0.6 is 0 Å². The molecule has 0 spiro atoms. The molecule has 0 rings (SSSR count). The number of hydrogen-bond donors (Lipinski definition) is 2. The normalized spacial score (nSPS) is 13.9. The Labute approximate surface area is 176 Å². The topological polar surface area (TPSA) is 74.6 Å². The molecule has 0 heterocycles. The van der Waals surface area contributed by atoms with E-state index < -0.39 is 10.8 Å². The molecule has 5 heteroatoms. The quantitative estimate of drug-likeness (QED) is 0.314. The standard InChI is InChI=1S/2C11H20O2.Ni/c2*1-10(2,3)8(12)7-9(13)11(4,5)6;/h2*7,12H,1-6H3;/b2*8-7-;. The molecule has 27 heavy (non-hydrogen) atoms. The van der Waals surface area contributed by atoms with Crippen molar-refractivity contribution in [3.05, 3.63) is 23.7 Å². The van der Waals surface area contributed by atoms with Gasteiger partial charge < -0.3 is 10.2 Å². The van der Waals surface area contributed by atoms with Gasteiger partial charge in [0.25, 0.3) is 0 Å². The SMILES string of the molecule is CC(C)(C)C(=O)/C=C(\O)C(C)(C)C.CC(C)(C)C(=O)/C=C(\O)C(C)(C)C.[Ni]. The molecule has 0 bridgehead atoms. The number of aliphatic hydroxyl groups is 2. The first-order chi connectivity index (χ1) is 11.1. The van der Waals surface area contributed by atoms with Gasteiger partial charge in [-0.2, -0.15) is 0 Å². The zero-order valence-corrected chi connectivity index (χ0v) is 20.2. The molecule has 0 amide bonds. The second-order valence-electron chi connectivity index (χ2n) is 10.8. The predicted molar refractivity (Wildman–Crippen MR) is 109 cm³/mol. The molecule has 2 N–H and O–H groups in total. The Morgan fingerprint density at radius 1 is 0.519 bits per heavy atom. The van der Waals surface area contributed by atoms with Crippen LogP contribution in [0, 0.1) is 21.7 Å². The second kappa shape index (κ2) is 10.5. The number of carbonyl (C=O) groups excluding carboxylic acids is 2. The molecule has 0 aromatic rings. The molecular weight excluding hydrogens is 387 g/mol. The smallest absolute Gasteiger partial charge is 0.164 e. The van der Waals surface area contributed by atoms with Crippen molar-refractivity contribution >= 4 is 11.6 Å². The summed E-state index contributed by atoms with van der Waals surface area (Å²) in [6.07, 6.45) is 2.67. The van der Waals surface area contributed by atoms with Gasteiger partial charge in [-0.3, -0.25) is 9.59 Å². The van der Waals surface area contributed by atoms with Crippen LogP contribution in [0.3, 0.4) is 0 Å². The summed E-state index contributed by atoms with van der Waals surface area (Å²) in [7, 11) is 0. The Hall–Kier alpha value is -1.09. The fraction of sp³-hybridized carbons (Fsp3) is 0.727.